The Hall–Kier alpha value is -2.67. The SMILES string of the molecule is Cc1cccc(C(=O)N2Cc3ccnn3C(C(=O)N3CCCCO3)C2)c1. The molecule has 2 aromatic rings. The maximum atomic E-state index is 13.0. The van der Waals surface area contributed by atoms with E-state index in [1.807, 2.05) is 37.3 Å². The molecule has 1 fully saturated rings. The summed E-state index contributed by atoms with van der Waals surface area (Å²) in [6.45, 7) is 3.83. The van der Waals surface area contributed by atoms with E-state index in [2.05, 4.69) is 5.10 Å². The monoisotopic (exact) mass is 354 g/mol. The van der Waals surface area contributed by atoms with Gasteiger partial charge in [-0.25, -0.2) is 5.06 Å². The second-order valence-corrected chi connectivity index (χ2v) is 6.82. The van der Waals surface area contributed by atoms with Gasteiger partial charge in [0, 0.05) is 18.3 Å². The summed E-state index contributed by atoms with van der Waals surface area (Å²) in [7, 11) is 0. The maximum Gasteiger partial charge on any atom is 0.272 e. The number of hydroxylamine groups is 2. The second-order valence-electron chi connectivity index (χ2n) is 6.82. The van der Waals surface area contributed by atoms with Crippen LogP contribution in [0.4, 0.5) is 0 Å². The van der Waals surface area contributed by atoms with Gasteiger partial charge in [0.2, 0.25) is 0 Å². The molecule has 7 nitrogen and oxygen atoms in total. The van der Waals surface area contributed by atoms with Gasteiger partial charge in [0.15, 0.2) is 6.04 Å². The van der Waals surface area contributed by atoms with Gasteiger partial charge in [-0.2, -0.15) is 5.10 Å². The second kappa shape index (κ2) is 6.92. The number of aromatic nitrogens is 2. The first-order valence-electron chi connectivity index (χ1n) is 8.96. The zero-order chi connectivity index (χ0) is 18.1. The smallest absolute Gasteiger partial charge is 0.272 e. The van der Waals surface area contributed by atoms with Crippen molar-refractivity contribution in [2.75, 3.05) is 19.7 Å². The molecule has 1 aromatic carbocycles. The minimum absolute atomic E-state index is 0.0708. The largest absolute Gasteiger partial charge is 0.330 e. The molecule has 1 aromatic heterocycles. The van der Waals surface area contributed by atoms with Crippen molar-refractivity contribution in [1.29, 1.82) is 0 Å². The van der Waals surface area contributed by atoms with Crippen molar-refractivity contribution in [3.8, 4) is 0 Å². The highest BCUT2D eigenvalue weighted by Gasteiger charge is 2.36. The predicted molar refractivity (Wildman–Crippen MR) is 94.1 cm³/mol. The summed E-state index contributed by atoms with van der Waals surface area (Å²) in [5.74, 6) is -0.213. The van der Waals surface area contributed by atoms with Gasteiger partial charge in [-0.1, -0.05) is 17.7 Å². The minimum atomic E-state index is -0.555. The molecular weight excluding hydrogens is 332 g/mol. The van der Waals surface area contributed by atoms with Crippen molar-refractivity contribution in [2.45, 2.75) is 32.4 Å². The van der Waals surface area contributed by atoms with Crippen molar-refractivity contribution in [2.24, 2.45) is 0 Å². The Morgan fingerprint density at radius 3 is 2.88 bits per heavy atom. The Balaban J connectivity index is 1.59. The Morgan fingerprint density at radius 1 is 1.23 bits per heavy atom. The lowest BCUT2D eigenvalue weighted by Crippen LogP contribution is -2.49. The Kier molecular flexibility index (Phi) is 4.46. The van der Waals surface area contributed by atoms with Crippen LogP contribution in [0.3, 0.4) is 0 Å². The van der Waals surface area contributed by atoms with Crippen LogP contribution in [0.1, 0.15) is 40.5 Å². The summed E-state index contributed by atoms with van der Waals surface area (Å²) in [6, 6.07) is 8.82. The van der Waals surface area contributed by atoms with Crippen LogP contribution in [0.5, 0.6) is 0 Å². The number of hydrogen-bond donors (Lipinski definition) is 0. The first-order chi connectivity index (χ1) is 12.6. The third-order valence-electron chi connectivity index (χ3n) is 4.88. The molecule has 2 amide bonds. The molecule has 0 spiro atoms. The molecule has 3 heterocycles. The van der Waals surface area contributed by atoms with E-state index in [-0.39, 0.29) is 11.8 Å². The third-order valence-corrected chi connectivity index (χ3v) is 4.88. The molecule has 26 heavy (non-hydrogen) atoms. The molecule has 0 bridgehead atoms. The number of hydrogen-bond acceptors (Lipinski definition) is 4. The average Bonchev–Trinajstić information content (AvgIpc) is 3.15. The number of aryl methyl sites for hydroxylation is 1. The van der Waals surface area contributed by atoms with Gasteiger partial charge in [-0.15, -0.1) is 0 Å². The van der Waals surface area contributed by atoms with Crippen molar-refractivity contribution in [3.05, 3.63) is 53.3 Å². The molecule has 2 aliphatic heterocycles. The van der Waals surface area contributed by atoms with Gasteiger partial charge in [0.25, 0.3) is 11.8 Å². The molecule has 1 unspecified atom stereocenters. The van der Waals surface area contributed by atoms with Crippen molar-refractivity contribution < 1.29 is 14.4 Å². The summed E-state index contributed by atoms with van der Waals surface area (Å²) in [5.41, 5.74) is 2.53. The van der Waals surface area contributed by atoms with Gasteiger partial charge in [-0.3, -0.25) is 19.1 Å². The van der Waals surface area contributed by atoms with Gasteiger partial charge in [0.1, 0.15) is 0 Å². The molecule has 4 rings (SSSR count). The summed E-state index contributed by atoms with van der Waals surface area (Å²) in [6.07, 6.45) is 3.56. The molecule has 0 aliphatic carbocycles. The third kappa shape index (κ3) is 3.10. The van der Waals surface area contributed by atoms with Crippen LogP contribution in [0.15, 0.2) is 36.5 Å². The van der Waals surface area contributed by atoms with Gasteiger partial charge >= 0.3 is 0 Å². The quantitative estimate of drug-likeness (QED) is 0.827. The van der Waals surface area contributed by atoms with Crippen molar-refractivity contribution in [3.63, 3.8) is 0 Å². The minimum Gasteiger partial charge on any atom is -0.330 e. The molecule has 0 saturated carbocycles. The fourth-order valence-electron chi connectivity index (χ4n) is 3.53. The number of carbonyl (C=O) groups is 2. The van der Waals surface area contributed by atoms with E-state index in [1.54, 1.807) is 15.8 Å². The average molecular weight is 354 g/mol. The summed E-state index contributed by atoms with van der Waals surface area (Å²) >= 11 is 0. The molecule has 1 saturated heterocycles. The number of fused-ring (bicyclic) bond motifs is 1. The fourth-order valence-corrected chi connectivity index (χ4v) is 3.53. The van der Waals surface area contributed by atoms with Crippen LogP contribution in [-0.4, -0.2) is 51.3 Å². The van der Waals surface area contributed by atoms with E-state index in [9.17, 15) is 9.59 Å². The summed E-state index contributed by atoms with van der Waals surface area (Å²) in [5, 5.41) is 5.74. The number of rotatable bonds is 2. The fraction of sp³-hybridized carbons (Fsp3) is 0.421. The highest BCUT2D eigenvalue weighted by molar-refractivity contribution is 5.95. The molecule has 0 N–H and O–H groups in total. The van der Waals surface area contributed by atoms with E-state index in [4.69, 9.17) is 4.84 Å². The zero-order valence-corrected chi connectivity index (χ0v) is 14.8. The molecule has 2 aliphatic rings. The first-order valence-corrected chi connectivity index (χ1v) is 8.96. The highest BCUT2D eigenvalue weighted by atomic mass is 16.7. The highest BCUT2D eigenvalue weighted by Crippen LogP contribution is 2.25. The number of benzene rings is 1. The van der Waals surface area contributed by atoms with Gasteiger partial charge in [0.05, 0.1) is 25.4 Å². The van der Waals surface area contributed by atoms with Crippen LogP contribution < -0.4 is 0 Å². The standard InChI is InChI=1S/C19H22N4O3/c1-14-5-4-6-15(11-14)18(24)21-12-16-7-8-20-23(16)17(13-21)19(25)22-9-2-3-10-26-22/h4-8,11,17H,2-3,9-10,12-13H2,1H3. The van der Waals surface area contributed by atoms with Crippen LogP contribution in [0.25, 0.3) is 0 Å². The predicted octanol–water partition coefficient (Wildman–Crippen LogP) is 1.94. The van der Waals surface area contributed by atoms with Crippen molar-refractivity contribution in [1.82, 2.24) is 19.7 Å². The van der Waals surface area contributed by atoms with E-state index in [0.717, 1.165) is 24.1 Å². The lowest BCUT2D eigenvalue weighted by Gasteiger charge is -2.36. The van der Waals surface area contributed by atoms with E-state index >= 15 is 0 Å². The molecule has 1 atom stereocenters. The van der Waals surface area contributed by atoms with Crippen LogP contribution >= 0.6 is 0 Å². The first kappa shape index (κ1) is 16.8. The van der Waals surface area contributed by atoms with Gasteiger partial charge < -0.3 is 4.90 Å². The van der Waals surface area contributed by atoms with E-state index in [1.165, 1.54) is 5.06 Å². The number of amides is 2. The molecule has 7 heteroatoms. The Morgan fingerprint density at radius 2 is 2.12 bits per heavy atom. The topological polar surface area (TPSA) is 67.7 Å². The van der Waals surface area contributed by atoms with E-state index in [0.29, 0.717) is 31.8 Å². The summed E-state index contributed by atoms with van der Waals surface area (Å²) < 4.78 is 1.72. The van der Waals surface area contributed by atoms with Gasteiger partial charge in [-0.05, 0) is 38.0 Å². The normalized spacial score (nSPS) is 20.0. The maximum absolute atomic E-state index is 13.0. The molecular formula is C19H22N4O3. The van der Waals surface area contributed by atoms with Crippen LogP contribution in [0, 0.1) is 6.92 Å². The summed E-state index contributed by atoms with van der Waals surface area (Å²) in [4.78, 5) is 33.2. The lowest BCUT2D eigenvalue weighted by atomic mass is 10.1. The Labute approximate surface area is 152 Å². The lowest BCUT2D eigenvalue weighted by molar-refractivity contribution is -0.201. The number of nitrogens with zero attached hydrogens (tertiary/aromatic N) is 4. The Bertz CT molecular complexity index is 826. The van der Waals surface area contributed by atoms with E-state index < -0.39 is 6.04 Å². The zero-order valence-electron chi connectivity index (χ0n) is 14.8. The molecule has 0 radical (unpaired) electrons. The van der Waals surface area contributed by atoms with Crippen LogP contribution in [-0.2, 0) is 16.2 Å². The van der Waals surface area contributed by atoms with Crippen molar-refractivity contribution >= 4 is 11.8 Å². The van der Waals surface area contributed by atoms with Crippen LogP contribution in [0.2, 0.25) is 0 Å². The number of carbonyl (C=O) groups excluding carboxylic acids is 2. The molecule has 136 valence electrons.